The molecule has 0 saturated carbocycles. The number of carbonyl (C=O) groups is 1. The first kappa shape index (κ1) is 21.3. The number of amides is 1. The van der Waals surface area contributed by atoms with Gasteiger partial charge in [0.1, 0.15) is 5.82 Å². The lowest BCUT2D eigenvalue weighted by Gasteiger charge is -2.36. The number of nitro benzene ring substituents is 1. The number of benzene rings is 2. The summed E-state index contributed by atoms with van der Waals surface area (Å²) in [5.41, 5.74) is -0.800. The van der Waals surface area contributed by atoms with Gasteiger partial charge in [-0.25, -0.2) is 4.39 Å². The predicted molar refractivity (Wildman–Crippen MR) is 98.8 cm³/mol. The number of halogens is 4. The maximum atomic E-state index is 13.3. The Morgan fingerprint density at radius 3 is 2.43 bits per heavy atom. The van der Waals surface area contributed by atoms with Crippen molar-refractivity contribution in [2.45, 2.75) is 6.18 Å². The molecule has 160 valence electrons. The third-order valence-electron chi connectivity index (χ3n) is 4.64. The normalized spacial score (nSPS) is 14.5. The molecule has 0 atom stereocenters. The highest BCUT2D eigenvalue weighted by atomic mass is 19.4. The largest absolute Gasteiger partial charge is 0.477 e. The number of ether oxygens (including phenoxy) is 1. The van der Waals surface area contributed by atoms with Gasteiger partial charge in [-0.2, -0.15) is 13.2 Å². The van der Waals surface area contributed by atoms with E-state index in [2.05, 4.69) is 0 Å². The van der Waals surface area contributed by atoms with Gasteiger partial charge in [0.25, 0.3) is 5.91 Å². The molecule has 0 N–H and O–H groups in total. The Morgan fingerprint density at radius 1 is 1.10 bits per heavy atom. The van der Waals surface area contributed by atoms with Crippen LogP contribution in [0.25, 0.3) is 0 Å². The number of rotatable bonds is 5. The molecular weight excluding hydrogens is 410 g/mol. The molecule has 2 aromatic rings. The van der Waals surface area contributed by atoms with Crippen LogP contribution >= 0.6 is 0 Å². The Kier molecular flexibility index (Phi) is 6.09. The second kappa shape index (κ2) is 8.56. The quantitative estimate of drug-likeness (QED) is 0.415. The van der Waals surface area contributed by atoms with Crippen LogP contribution in [-0.4, -0.2) is 48.5 Å². The van der Waals surface area contributed by atoms with Gasteiger partial charge in [-0.15, -0.1) is 0 Å². The molecule has 0 radical (unpaired) electrons. The lowest BCUT2D eigenvalue weighted by atomic mass is 10.1. The van der Waals surface area contributed by atoms with Crippen molar-refractivity contribution in [1.29, 1.82) is 0 Å². The van der Waals surface area contributed by atoms with Crippen molar-refractivity contribution in [3.8, 4) is 5.75 Å². The van der Waals surface area contributed by atoms with Crippen LogP contribution in [0.1, 0.15) is 5.56 Å². The minimum atomic E-state index is -4.44. The maximum absolute atomic E-state index is 13.3. The van der Waals surface area contributed by atoms with E-state index in [1.54, 1.807) is 11.0 Å². The molecule has 1 amide bonds. The second-order valence-corrected chi connectivity index (χ2v) is 6.57. The van der Waals surface area contributed by atoms with E-state index in [1.807, 2.05) is 0 Å². The van der Waals surface area contributed by atoms with E-state index in [0.717, 1.165) is 30.3 Å². The number of hydrogen-bond acceptors (Lipinski definition) is 5. The maximum Gasteiger partial charge on any atom is 0.416 e. The number of carbonyl (C=O) groups excluding carboxylic acids is 1. The first-order chi connectivity index (χ1) is 14.1. The SMILES string of the molecule is O=C(COc1cc(F)ccc1[N+](=O)[O-])N1CCN(c2cccc(C(F)(F)F)c2)CC1. The van der Waals surface area contributed by atoms with E-state index < -0.39 is 40.7 Å². The van der Waals surface area contributed by atoms with Gasteiger partial charge in [-0.1, -0.05) is 6.07 Å². The highest BCUT2D eigenvalue weighted by Crippen LogP contribution is 2.32. The van der Waals surface area contributed by atoms with E-state index in [-0.39, 0.29) is 18.8 Å². The van der Waals surface area contributed by atoms with Crippen molar-refractivity contribution in [3.05, 3.63) is 64.0 Å². The monoisotopic (exact) mass is 427 g/mol. The molecule has 1 fully saturated rings. The Labute approximate surface area is 168 Å². The van der Waals surface area contributed by atoms with Crippen molar-refractivity contribution in [1.82, 2.24) is 4.90 Å². The summed E-state index contributed by atoms with van der Waals surface area (Å²) >= 11 is 0. The molecule has 1 aliphatic heterocycles. The standard InChI is InChI=1S/C19H17F4N3O4/c20-14-4-5-16(26(28)29)17(11-14)30-12-18(27)25-8-6-24(7-9-25)15-3-1-2-13(10-15)19(21,22)23/h1-5,10-11H,6-9,12H2. The molecule has 11 heteroatoms. The second-order valence-electron chi connectivity index (χ2n) is 6.57. The number of alkyl halides is 3. The highest BCUT2D eigenvalue weighted by Gasteiger charge is 2.31. The predicted octanol–water partition coefficient (Wildman–Crippen LogP) is 3.48. The summed E-state index contributed by atoms with van der Waals surface area (Å²) in [6.07, 6.45) is -4.44. The Hall–Kier alpha value is -3.37. The third-order valence-corrected chi connectivity index (χ3v) is 4.64. The summed E-state index contributed by atoms with van der Waals surface area (Å²) in [4.78, 5) is 25.7. The van der Waals surface area contributed by atoms with Gasteiger partial charge < -0.3 is 14.5 Å². The van der Waals surface area contributed by atoms with E-state index in [9.17, 15) is 32.5 Å². The minimum Gasteiger partial charge on any atom is -0.477 e. The van der Waals surface area contributed by atoms with Crippen molar-refractivity contribution >= 4 is 17.3 Å². The summed E-state index contributed by atoms with van der Waals surface area (Å²) in [6.45, 7) is 0.585. The van der Waals surface area contributed by atoms with Crippen LogP contribution in [-0.2, 0) is 11.0 Å². The Balaban J connectivity index is 1.58. The molecule has 0 unspecified atom stereocenters. The van der Waals surface area contributed by atoms with Crippen LogP contribution in [0, 0.1) is 15.9 Å². The van der Waals surface area contributed by atoms with E-state index in [0.29, 0.717) is 18.8 Å². The molecule has 3 rings (SSSR count). The Morgan fingerprint density at radius 2 is 1.80 bits per heavy atom. The van der Waals surface area contributed by atoms with Crippen LogP contribution in [0.2, 0.25) is 0 Å². The molecule has 2 aromatic carbocycles. The topological polar surface area (TPSA) is 75.9 Å². The molecule has 0 bridgehead atoms. The molecule has 0 aliphatic carbocycles. The Bertz CT molecular complexity index is 944. The molecular formula is C19H17F4N3O4. The van der Waals surface area contributed by atoms with E-state index >= 15 is 0 Å². The fourth-order valence-electron chi connectivity index (χ4n) is 3.08. The first-order valence-electron chi connectivity index (χ1n) is 8.92. The van der Waals surface area contributed by atoms with Crippen molar-refractivity contribution in [2.75, 3.05) is 37.7 Å². The van der Waals surface area contributed by atoms with Crippen molar-refractivity contribution < 1.29 is 32.0 Å². The van der Waals surface area contributed by atoms with Crippen molar-refractivity contribution in [3.63, 3.8) is 0 Å². The molecule has 0 aromatic heterocycles. The molecule has 1 saturated heterocycles. The number of nitro groups is 1. The number of hydrogen-bond donors (Lipinski definition) is 0. The summed E-state index contributed by atoms with van der Waals surface area (Å²) in [7, 11) is 0. The molecule has 7 nitrogen and oxygen atoms in total. The van der Waals surface area contributed by atoms with Crippen LogP contribution in [0.3, 0.4) is 0 Å². The third kappa shape index (κ3) is 4.97. The average Bonchev–Trinajstić information content (AvgIpc) is 2.71. The molecule has 1 aliphatic rings. The van der Waals surface area contributed by atoms with Crippen LogP contribution in [0.5, 0.6) is 5.75 Å². The van der Waals surface area contributed by atoms with Gasteiger partial charge in [0.05, 0.1) is 10.5 Å². The zero-order valence-corrected chi connectivity index (χ0v) is 15.6. The lowest BCUT2D eigenvalue weighted by Crippen LogP contribution is -2.50. The molecule has 30 heavy (non-hydrogen) atoms. The van der Waals surface area contributed by atoms with Gasteiger partial charge in [-0.05, 0) is 24.3 Å². The number of nitrogens with zero attached hydrogens (tertiary/aromatic N) is 3. The minimum absolute atomic E-state index is 0.240. The summed E-state index contributed by atoms with van der Waals surface area (Å²) < 4.78 is 57.1. The number of piperazine rings is 1. The summed E-state index contributed by atoms with van der Waals surface area (Å²) in [5.74, 6) is -1.55. The van der Waals surface area contributed by atoms with Crippen LogP contribution in [0.15, 0.2) is 42.5 Å². The zero-order valence-electron chi connectivity index (χ0n) is 15.6. The van der Waals surface area contributed by atoms with Crippen molar-refractivity contribution in [2.24, 2.45) is 0 Å². The van der Waals surface area contributed by atoms with Gasteiger partial charge >= 0.3 is 11.9 Å². The fourth-order valence-corrected chi connectivity index (χ4v) is 3.08. The fraction of sp³-hybridized carbons (Fsp3) is 0.316. The smallest absolute Gasteiger partial charge is 0.416 e. The van der Waals surface area contributed by atoms with Crippen LogP contribution in [0.4, 0.5) is 28.9 Å². The number of anilines is 1. The van der Waals surface area contributed by atoms with Crippen LogP contribution < -0.4 is 9.64 Å². The first-order valence-corrected chi connectivity index (χ1v) is 8.92. The molecule has 0 spiro atoms. The van der Waals surface area contributed by atoms with Gasteiger partial charge in [-0.3, -0.25) is 14.9 Å². The van der Waals surface area contributed by atoms with E-state index in [4.69, 9.17) is 4.74 Å². The highest BCUT2D eigenvalue weighted by molar-refractivity contribution is 5.78. The average molecular weight is 427 g/mol. The summed E-state index contributed by atoms with van der Waals surface area (Å²) in [5, 5.41) is 11.0. The summed E-state index contributed by atoms with van der Waals surface area (Å²) in [6, 6.07) is 7.64. The zero-order chi connectivity index (χ0) is 21.9. The van der Waals surface area contributed by atoms with Gasteiger partial charge in [0, 0.05) is 44.0 Å². The molecule has 1 heterocycles. The van der Waals surface area contributed by atoms with Gasteiger partial charge in [0.2, 0.25) is 5.75 Å². The van der Waals surface area contributed by atoms with E-state index in [1.165, 1.54) is 11.0 Å². The lowest BCUT2D eigenvalue weighted by molar-refractivity contribution is -0.385. The van der Waals surface area contributed by atoms with Gasteiger partial charge in [0.15, 0.2) is 6.61 Å².